The van der Waals surface area contributed by atoms with E-state index in [-0.39, 0.29) is 11.8 Å². The first-order chi connectivity index (χ1) is 5.07. The van der Waals surface area contributed by atoms with E-state index in [0.717, 1.165) is 0 Å². The highest BCUT2D eigenvalue weighted by Crippen LogP contribution is 1.88. The van der Waals surface area contributed by atoms with Crippen LogP contribution in [0.2, 0.25) is 0 Å². The van der Waals surface area contributed by atoms with Gasteiger partial charge in [0, 0.05) is 14.1 Å². The zero-order valence-corrected chi connectivity index (χ0v) is 7.59. The van der Waals surface area contributed by atoms with Crippen LogP contribution in [-0.2, 0) is 4.79 Å². The highest BCUT2D eigenvalue weighted by atomic mass is 16.1. The van der Waals surface area contributed by atoms with E-state index in [1.54, 1.807) is 14.0 Å². The molecule has 0 aliphatic carbocycles. The minimum Gasteiger partial charge on any atom is -0.384 e. The molecular weight excluding hydrogens is 140 g/mol. The lowest BCUT2D eigenvalue weighted by Crippen LogP contribution is -2.30. The Morgan fingerprint density at radius 3 is 2.36 bits per heavy atom. The second kappa shape index (κ2) is 4.91. The van der Waals surface area contributed by atoms with Gasteiger partial charge in [0.15, 0.2) is 5.78 Å². The summed E-state index contributed by atoms with van der Waals surface area (Å²) in [5, 5.41) is 2.89. The van der Waals surface area contributed by atoms with Crippen molar-refractivity contribution in [1.82, 2.24) is 10.2 Å². The van der Waals surface area contributed by atoms with E-state index in [9.17, 15) is 4.79 Å². The van der Waals surface area contributed by atoms with Crippen molar-refractivity contribution in [3.63, 3.8) is 0 Å². The summed E-state index contributed by atoms with van der Waals surface area (Å²) >= 11 is 0. The number of rotatable bonds is 4. The smallest absolute Gasteiger partial charge is 0.150 e. The van der Waals surface area contributed by atoms with Crippen LogP contribution in [0.25, 0.3) is 0 Å². The van der Waals surface area contributed by atoms with Crippen molar-refractivity contribution in [3.05, 3.63) is 12.3 Å². The molecule has 0 aromatic rings. The number of ketones is 1. The first kappa shape index (κ1) is 10.2. The number of carbonyl (C=O) groups is 1. The van der Waals surface area contributed by atoms with Gasteiger partial charge in [0.25, 0.3) is 0 Å². The van der Waals surface area contributed by atoms with Gasteiger partial charge in [-0.15, -0.1) is 0 Å². The molecule has 0 saturated heterocycles. The summed E-state index contributed by atoms with van der Waals surface area (Å²) in [5.74, 6) is 0.130. The van der Waals surface area contributed by atoms with Crippen molar-refractivity contribution in [2.45, 2.75) is 13.0 Å². The van der Waals surface area contributed by atoms with Gasteiger partial charge in [-0.25, -0.2) is 0 Å². The minimum atomic E-state index is -0.155. The third-order valence-corrected chi connectivity index (χ3v) is 1.33. The lowest BCUT2D eigenvalue weighted by molar-refractivity contribution is -0.117. The van der Waals surface area contributed by atoms with Crippen molar-refractivity contribution in [2.75, 3.05) is 21.1 Å². The molecule has 3 heteroatoms. The molecular formula is C8H16N2O. The molecule has 0 aromatic carbocycles. The average Bonchev–Trinajstić information content (AvgIpc) is 1.87. The van der Waals surface area contributed by atoms with Gasteiger partial charge in [-0.1, -0.05) is 0 Å². The molecule has 0 radical (unpaired) electrons. The zero-order valence-electron chi connectivity index (χ0n) is 7.59. The second-order valence-corrected chi connectivity index (χ2v) is 2.68. The van der Waals surface area contributed by atoms with E-state index in [4.69, 9.17) is 0 Å². The summed E-state index contributed by atoms with van der Waals surface area (Å²) < 4.78 is 0. The quantitative estimate of drug-likeness (QED) is 0.632. The van der Waals surface area contributed by atoms with Crippen LogP contribution >= 0.6 is 0 Å². The van der Waals surface area contributed by atoms with Crippen LogP contribution in [0, 0.1) is 0 Å². The fraction of sp³-hybridized carbons (Fsp3) is 0.625. The second-order valence-electron chi connectivity index (χ2n) is 2.68. The first-order valence-corrected chi connectivity index (χ1v) is 3.60. The van der Waals surface area contributed by atoms with E-state index in [2.05, 4.69) is 5.32 Å². The van der Waals surface area contributed by atoms with E-state index < -0.39 is 0 Å². The number of likely N-dealkylation sites (N-methyl/N-ethyl adjacent to an activating group) is 1. The Bertz CT molecular complexity index is 152. The predicted octanol–water partition coefficient (Wildman–Crippen LogP) is 0.239. The van der Waals surface area contributed by atoms with Crippen molar-refractivity contribution in [1.29, 1.82) is 0 Å². The van der Waals surface area contributed by atoms with Gasteiger partial charge in [0.05, 0.1) is 6.04 Å². The van der Waals surface area contributed by atoms with E-state index in [0.29, 0.717) is 0 Å². The Morgan fingerprint density at radius 1 is 1.55 bits per heavy atom. The van der Waals surface area contributed by atoms with Crippen molar-refractivity contribution in [3.8, 4) is 0 Å². The first-order valence-electron chi connectivity index (χ1n) is 3.60. The molecule has 1 unspecified atom stereocenters. The van der Waals surface area contributed by atoms with Gasteiger partial charge in [0.1, 0.15) is 0 Å². The van der Waals surface area contributed by atoms with Crippen molar-refractivity contribution < 1.29 is 4.79 Å². The predicted molar refractivity (Wildman–Crippen MR) is 46.4 cm³/mol. The zero-order chi connectivity index (χ0) is 8.85. The fourth-order valence-electron chi connectivity index (χ4n) is 0.693. The van der Waals surface area contributed by atoms with Gasteiger partial charge in [-0.3, -0.25) is 4.79 Å². The topological polar surface area (TPSA) is 32.3 Å². The molecule has 3 nitrogen and oxygen atoms in total. The molecule has 64 valence electrons. The van der Waals surface area contributed by atoms with Crippen molar-refractivity contribution >= 4 is 5.78 Å². The highest BCUT2D eigenvalue weighted by Gasteiger charge is 2.05. The monoisotopic (exact) mass is 156 g/mol. The molecule has 0 rings (SSSR count). The molecule has 0 aliphatic rings. The highest BCUT2D eigenvalue weighted by molar-refractivity contribution is 5.83. The molecule has 0 amide bonds. The van der Waals surface area contributed by atoms with Crippen LogP contribution in [0.3, 0.4) is 0 Å². The van der Waals surface area contributed by atoms with Crippen LogP contribution in [-0.4, -0.2) is 37.9 Å². The van der Waals surface area contributed by atoms with Crippen LogP contribution in [0.4, 0.5) is 0 Å². The number of nitrogens with zero attached hydrogens (tertiary/aromatic N) is 1. The van der Waals surface area contributed by atoms with Gasteiger partial charge in [-0.05, 0) is 26.2 Å². The lowest BCUT2D eigenvalue weighted by atomic mass is 10.2. The lowest BCUT2D eigenvalue weighted by Gasteiger charge is -2.09. The molecule has 0 bridgehead atoms. The Labute approximate surface area is 68.1 Å². The van der Waals surface area contributed by atoms with Gasteiger partial charge in [0.2, 0.25) is 0 Å². The van der Waals surface area contributed by atoms with Gasteiger partial charge >= 0.3 is 0 Å². The molecule has 1 N–H and O–H groups in total. The van der Waals surface area contributed by atoms with Gasteiger partial charge in [-0.2, -0.15) is 0 Å². The summed E-state index contributed by atoms with van der Waals surface area (Å²) in [4.78, 5) is 12.8. The van der Waals surface area contributed by atoms with Crippen LogP contribution in [0.1, 0.15) is 6.92 Å². The normalized spacial score (nSPS) is 13.5. The SMILES string of the molecule is CNC(C=CN(C)C)C(C)=O. The molecule has 1 atom stereocenters. The number of hydrogen-bond acceptors (Lipinski definition) is 3. The Kier molecular flexibility index (Phi) is 4.54. The summed E-state index contributed by atoms with van der Waals surface area (Å²) in [6.45, 7) is 1.57. The van der Waals surface area contributed by atoms with E-state index in [1.165, 1.54) is 0 Å². The Balaban J connectivity index is 3.97. The molecule has 0 fully saturated rings. The number of carbonyl (C=O) groups excluding carboxylic acids is 1. The molecule has 11 heavy (non-hydrogen) atoms. The summed E-state index contributed by atoms with van der Waals surface area (Å²) in [6, 6.07) is -0.155. The fourth-order valence-corrected chi connectivity index (χ4v) is 0.693. The third-order valence-electron chi connectivity index (χ3n) is 1.33. The largest absolute Gasteiger partial charge is 0.384 e. The molecule has 0 aliphatic heterocycles. The molecule has 0 spiro atoms. The molecule has 0 aromatic heterocycles. The molecule has 0 heterocycles. The van der Waals surface area contributed by atoms with Crippen LogP contribution < -0.4 is 5.32 Å². The standard InChI is InChI=1S/C8H16N2O/c1-7(11)8(9-2)5-6-10(3)4/h5-6,8-9H,1-4H3. The maximum Gasteiger partial charge on any atom is 0.150 e. The Hall–Kier alpha value is -0.830. The Morgan fingerprint density at radius 2 is 2.09 bits per heavy atom. The van der Waals surface area contributed by atoms with E-state index >= 15 is 0 Å². The van der Waals surface area contributed by atoms with E-state index in [1.807, 2.05) is 31.3 Å². The van der Waals surface area contributed by atoms with Gasteiger partial charge < -0.3 is 10.2 Å². The van der Waals surface area contributed by atoms with Crippen molar-refractivity contribution in [2.24, 2.45) is 0 Å². The van der Waals surface area contributed by atoms with Crippen LogP contribution in [0.5, 0.6) is 0 Å². The average molecular weight is 156 g/mol. The maximum absolute atomic E-state index is 10.9. The minimum absolute atomic E-state index is 0.130. The summed E-state index contributed by atoms with van der Waals surface area (Å²) in [7, 11) is 5.61. The summed E-state index contributed by atoms with van der Waals surface area (Å²) in [5.41, 5.74) is 0. The van der Waals surface area contributed by atoms with Crippen LogP contribution in [0.15, 0.2) is 12.3 Å². The number of Topliss-reactive ketones (excluding diaryl/α,β-unsaturated/α-hetero) is 1. The number of nitrogens with one attached hydrogen (secondary N) is 1. The summed E-state index contributed by atoms with van der Waals surface area (Å²) in [6.07, 6.45) is 3.70. The molecule has 0 saturated carbocycles. The number of hydrogen-bond donors (Lipinski definition) is 1. The third kappa shape index (κ3) is 4.56. The maximum atomic E-state index is 10.9.